The minimum atomic E-state index is -3.29. The Morgan fingerprint density at radius 2 is 1.72 bits per heavy atom. The molecule has 2 heterocycles. The number of fused-ring (bicyclic) bond motifs is 3. The number of hydrogen-bond donors (Lipinski definition) is 2. The van der Waals surface area contributed by atoms with Gasteiger partial charge in [0.2, 0.25) is 0 Å². The molecule has 0 aliphatic carbocycles. The molecular weight excluding hydrogens is 337 g/mol. The fourth-order valence-corrected chi connectivity index (χ4v) is 5.69. The van der Waals surface area contributed by atoms with Crippen LogP contribution in [0.4, 0.5) is 0 Å². The lowest BCUT2D eigenvalue weighted by molar-refractivity contribution is 0.372. The van der Waals surface area contributed by atoms with Gasteiger partial charge in [-0.05, 0) is 24.6 Å². The molecule has 0 fully saturated rings. The lowest BCUT2D eigenvalue weighted by Gasteiger charge is -2.28. The summed E-state index contributed by atoms with van der Waals surface area (Å²) in [6, 6.07) is 16.4. The zero-order valence-electron chi connectivity index (χ0n) is 13.7. The molecule has 2 aromatic carbocycles. The van der Waals surface area contributed by atoms with Gasteiger partial charge >= 0.3 is 0 Å². The van der Waals surface area contributed by atoms with E-state index in [0.717, 1.165) is 11.1 Å². The summed E-state index contributed by atoms with van der Waals surface area (Å²) in [6.45, 7) is 2.23. The van der Waals surface area contributed by atoms with Crippen molar-refractivity contribution in [3.05, 3.63) is 60.2 Å². The van der Waals surface area contributed by atoms with Gasteiger partial charge in [-0.25, -0.2) is 0 Å². The highest BCUT2D eigenvalue weighted by Gasteiger charge is 2.37. The predicted molar refractivity (Wildman–Crippen MR) is 96.9 cm³/mol. The molecule has 1 unspecified atom stereocenters. The maximum atomic E-state index is 13.7. The van der Waals surface area contributed by atoms with Crippen molar-refractivity contribution in [2.24, 2.45) is 0 Å². The van der Waals surface area contributed by atoms with E-state index in [2.05, 4.69) is 0 Å². The van der Waals surface area contributed by atoms with Gasteiger partial charge in [0.1, 0.15) is 5.75 Å². The zero-order valence-corrected chi connectivity index (χ0v) is 14.6. The van der Waals surface area contributed by atoms with Gasteiger partial charge in [0.15, 0.2) is 11.8 Å². The summed E-state index contributed by atoms with van der Waals surface area (Å²) < 4.78 is 21.0. The van der Waals surface area contributed by atoms with Gasteiger partial charge < -0.3 is 14.7 Å². The standard InChI is InChI=1S/C19H18NO4P/c1-2-20-18(21)11-13(19(20)22)12-25(23)17-10-6-4-8-15(17)14-7-3-5-9-16(14)24-25/h3-11,21-22H,2,12H2,1H3. The molecule has 0 saturated carbocycles. The van der Waals surface area contributed by atoms with Crippen molar-refractivity contribution in [3.63, 3.8) is 0 Å². The summed E-state index contributed by atoms with van der Waals surface area (Å²) in [4.78, 5) is 0. The Kier molecular flexibility index (Phi) is 3.62. The van der Waals surface area contributed by atoms with Gasteiger partial charge in [-0.15, -0.1) is 0 Å². The second-order valence-corrected chi connectivity index (χ2v) is 8.36. The Balaban J connectivity index is 1.84. The third kappa shape index (κ3) is 2.43. The molecule has 4 rings (SSSR count). The molecule has 0 saturated heterocycles. The van der Waals surface area contributed by atoms with E-state index in [1.807, 2.05) is 43.3 Å². The van der Waals surface area contributed by atoms with Crippen LogP contribution in [0.15, 0.2) is 54.6 Å². The average molecular weight is 355 g/mol. The van der Waals surface area contributed by atoms with E-state index >= 15 is 0 Å². The summed E-state index contributed by atoms with van der Waals surface area (Å²) in [5, 5.41) is 20.9. The average Bonchev–Trinajstić information content (AvgIpc) is 2.88. The molecule has 0 amide bonds. The zero-order chi connectivity index (χ0) is 17.6. The highest BCUT2D eigenvalue weighted by molar-refractivity contribution is 7.67. The molecule has 1 aromatic heterocycles. The Bertz CT molecular complexity index is 1010. The van der Waals surface area contributed by atoms with Gasteiger partial charge in [-0.3, -0.25) is 9.13 Å². The number of benzene rings is 2. The van der Waals surface area contributed by atoms with Crippen molar-refractivity contribution in [3.8, 4) is 28.6 Å². The second kappa shape index (κ2) is 5.71. The van der Waals surface area contributed by atoms with Gasteiger partial charge in [0, 0.05) is 23.7 Å². The van der Waals surface area contributed by atoms with E-state index in [0.29, 0.717) is 23.2 Å². The fourth-order valence-electron chi connectivity index (χ4n) is 3.33. The van der Waals surface area contributed by atoms with E-state index in [1.54, 1.807) is 12.1 Å². The maximum absolute atomic E-state index is 13.7. The molecule has 1 atom stereocenters. The van der Waals surface area contributed by atoms with Crippen LogP contribution in [0.2, 0.25) is 0 Å². The van der Waals surface area contributed by atoms with Gasteiger partial charge in [-0.1, -0.05) is 36.4 Å². The van der Waals surface area contributed by atoms with E-state index in [1.165, 1.54) is 10.6 Å². The van der Waals surface area contributed by atoms with Gasteiger partial charge in [-0.2, -0.15) is 0 Å². The van der Waals surface area contributed by atoms with Crippen molar-refractivity contribution < 1.29 is 19.3 Å². The van der Waals surface area contributed by atoms with E-state index in [4.69, 9.17) is 4.52 Å². The third-order valence-electron chi connectivity index (χ3n) is 4.51. The normalized spacial score (nSPS) is 18.3. The number of aromatic hydroxyl groups is 2. The van der Waals surface area contributed by atoms with Gasteiger partial charge in [0.25, 0.3) is 7.37 Å². The van der Waals surface area contributed by atoms with Crippen LogP contribution in [0.3, 0.4) is 0 Å². The summed E-state index contributed by atoms with van der Waals surface area (Å²) in [5.41, 5.74) is 2.20. The van der Waals surface area contributed by atoms with Gasteiger partial charge in [0.05, 0.1) is 11.5 Å². The maximum Gasteiger partial charge on any atom is 0.282 e. The molecule has 2 N–H and O–H groups in total. The largest absolute Gasteiger partial charge is 0.494 e. The number of hydrogen-bond acceptors (Lipinski definition) is 4. The number of para-hydroxylation sites is 1. The van der Waals surface area contributed by atoms with Crippen LogP contribution in [0.1, 0.15) is 12.5 Å². The molecule has 0 spiro atoms. The van der Waals surface area contributed by atoms with Crippen molar-refractivity contribution >= 4 is 12.7 Å². The fraction of sp³-hybridized carbons (Fsp3) is 0.158. The van der Waals surface area contributed by atoms with E-state index in [-0.39, 0.29) is 17.9 Å². The van der Waals surface area contributed by atoms with Crippen LogP contribution in [-0.4, -0.2) is 14.8 Å². The molecule has 0 bridgehead atoms. The molecule has 1 aliphatic heterocycles. The monoisotopic (exact) mass is 355 g/mol. The topological polar surface area (TPSA) is 71.7 Å². The molecule has 3 aromatic rings. The Morgan fingerprint density at radius 3 is 2.44 bits per heavy atom. The quantitative estimate of drug-likeness (QED) is 0.695. The molecule has 25 heavy (non-hydrogen) atoms. The lowest BCUT2D eigenvalue weighted by Crippen LogP contribution is -2.18. The van der Waals surface area contributed by atoms with E-state index in [9.17, 15) is 14.8 Å². The number of rotatable bonds is 3. The lowest BCUT2D eigenvalue weighted by atomic mass is 10.0. The Morgan fingerprint density at radius 1 is 1.04 bits per heavy atom. The highest BCUT2D eigenvalue weighted by Crippen LogP contribution is 2.57. The van der Waals surface area contributed by atoms with Crippen molar-refractivity contribution in [2.45, 2.75) is 19.6 Å². The van der Waals surface area contributed by atoms with Crippen LogP contribution in [0, 0.1) is 0 Å². The van der Waals surface area contributed by atoms with E-state index < -0.39 is 7.37 Å². The summed E-state index contributed by atoms with van der Waals surface area (Å²) in [5.74, 6) is 0.450. The smallest absolute Gasteiger partial charge is 0.282 e. The Labute approximate surface area is 145 Å². The molecule has 1 aliphatic rings. The van der Waals surface area contributed by atoms with Crippen molar-refractivity contribution in [2.75, 3.05) is 0 Å². The SMILES string of the molecule is CCn1c(O)cc(CP2(=O)Oc3ccccc3-c3ccccc32)c1O. The van der Waals surface area contributed by atoms with Crippen LogP contribution >= 0.6 is 7.37 Å². The predicted octanol–water partition coefficient (Wildman–Crippen LogP) is 4.08. The highest BCUT2D eigenvalue weighted by atomic mass is 31.2. The number of aromatic nitrogens is 1. The van der Waals surface area contributed by atoms with Crippen LogP contribution in [-0.2, 0) is 17.3 Å². The van der Waals surface area contributed by atoms with Crippen molar-refractivity contribution in [1.29, 1.82) is 0 Å². The molecule has 6 heteroatoms. The molecule has 5 nitrogen and oxygen atoms in total. The number of nitrogens with zero attached hydrogens (tertiary/aromatic N) is 1. The summed E-state index contributed by atoms with van der Waals surface area (Å²) >= 11 is 0. The summed E-state index contributed by atoms with van der Waals surface area (Å²) in [7, 11) is -3.29. The van der Waals surface area contributed by atoms with Crippen LogP contribution < -0.4 is 9.83 Å². The Hall–Kier alpha value is -2.65. The van der Waals surface area contributed by atoms with Crippen LogP contribution in [0.5, 0.6) is 17.5 Å². The first-order valence-corrected chi connectivity index (χ1v) is 9.92. The van der Waals surface area contributed by atoms with Crippen LogP contribution in [0.25, 0.3) is 11.1 Å². The molecule has 0 radical (unpaired) electrons. The first kappa shape index (κ1) is 15.9. The molecular formula is C19H18NO4P. The second-order valence-electron chi connectivity index (χ2n) is 6.03. The van der Waals surface area contributed by atoms with Crippen molar-refractivity contribution in [1.82, 2.24) is 4.57 Å². The first-order chi connectivity index (χ1) is 12.0. The minimum Gasteiger partial charge on any atom is -0.494 e. The third-order valence-corrected chi connectivity index (χ3v) is 6.88. The molecule has 128 valence electrons. The minimum absolute atomic E-state index is 0.0186. The summed E-state index contributed by atoms with van der Waals surface area (Å²) in [6.07, 6.45) is 0.0186. The first-order valence-electron chi connectivity index (χ1n) is 8.11.